The molecule has 5 nitrogen and oxygen atoms in total. The van der Waals surface area contributed by atoms with E-state index in [-0.39, 0.29) is 19.0 Å². The van der Waals surface area contributed by atoms with Gasteiger partial charge in [0.05, 0.1) is 6.61 Å². The van der Waals surface area contributed by atoms with E-state index >= 15 is 0 Å². The van der Waals surface area contributed by atoms with Gasteiger partial charge in [-0.2, -0.15) is 0 Å². The number of hydrogen-bond donors (Lipinski definition) is 0. The molecule has 1 atom stereocenters. The molecule has 0 fully saturated rings. The lowest BCUT2D eigenvalue weighted by Gasteiger charge is -2.28. The first kappa shape index (κ1) is 19.8. The summed E-state index contributed by atoms with van der Waals surface area (Å²) in [6.45, 7) is -0.444. The van der Waals surface area contributed by atoms with E-state index in [2.05, 4.69) is 0 Å². The van der Waals surface area contributed by atoms with E-state index in [4.69, 9.17) is 18.9 Å². The second-order valence-corrected chi connectivity index (χ2v) is 6.63. The number of rotatable bonds is 6. The van der Waals surface area contributed by atoms with Gasteiger partial charge in [-0.3, -0.25) is 0 Å². The van der Waals surface area contributed by atoms with Gasteiger partial charge in [0.1, 0.15) is 29.7 Å². The summed E-state index contributed by atoms with van der Waals surface area (Å²) in [4.78, 5) is 12.0. The van der Waals surface area contributed by atoms with Gasteiger partial charge in [0, 0.05) is 22.8 Å². The monoisotopic (exact) mass is 412 g/mol. The van der Waals surface area contributed by atoms with Crippen LogP contribution in [0.1, 0.15) is 23.0 Å². The zero-order valence-electron chi connectivity index (χ0n) is 15.8. The number of carbonyl (C=O) groups excluding carboxylic acids is 1. The van der Waals surface area contributed by atoms with E-state index in [1.165, 1.54) is 30.3 Å². The molecule has 0 bridgehead atoms. The highest BCUT2D eigenvalue weighted by atomic mass is 19.1. The summed E-state index contributed by atoms with van der Waals surface area (Å²) in [7, 11) is 0. The topological polar surface area (TPSA) is 54.0 Å². The van der Waals surface area contributed by atoms with Crippen LogP contribution in [0.5, 0.6) is 11.5 Å². The smallest absolute Gasteiger partial charge is 0.344 e. The minimum atomic E-state index is -0.677. The van der Waals surface area contributed by atoms with Gasteiger partial charge < -0.3 is 18.9 Å². The van der Waals surface area contributed by atoms with Gasteiger partial charge in [-0.05, 0) is 24.3 Å². The predicted octanol–water partition coefficient (Wildman–Crippen LogP) is 4.69. The lowest BCUT2D eigenvalue weighted by molar-refractivity contribution is -0.147. The van der Waals surface area contributed by atoms with Crippen molar-refractivity contribution in [2.24, 2.45) is 0 Å². The van der Waals surface area contributed by atoms with Crippen LogP contribution in [0.15, 0.2) is 66.7 Å². The van der Waals surface area contributed by atoms with Crippen molar-refractivity contribution in [3.63, 3.8) is 0 Å². The second-order valence-electron chi connectivity index (χ2n) is 6.63. The fourth-order valence-corrected chi connectivity index (χ4v) is 3.06. The Morgan fingerprint density at radius 3 is 2.63 bits per heavy atom. The number of hydrogen-bond acceptors (Lipinski definition) is 5. The summed E-state index contributed by atoms with van der Waals surface area (Å²) >= 11 is 0. The number of benzene rings is 3. The van der Waals surface area contributed by atoms with Crippen molar-refractivity contribution in [2.75, 3.05) is 6.61 Å². The summed E-state index contributed by atoms with van der Waals surface area (Å²) in [5.74, 6) is -0.999. The van der Waals surface area contributed by atoms with Gasteiger partial charge in [0.25, 0.3) is 0 Å². The Hall–Kier alpha value is -3.45. The molecule has 1 aliphatic rings. The van der Waals surface area contributed by atoms with Gasteiger partial charge in [-0.1, -0.05) is 36.4 Å². The van der Waals surface area contributed by atoms with Crippen molar-refractivity contribution in [1.29, 1.82) is 0 Å². The van der Waals surface area contributed by atoms with Crippen molar-refractivity contribution in [3.8, 4) is 11.5 Å². The fourth-order valence-electron chi connectivity index (χ4n) is 3.06. The molecule has 7 heteroatoms. The maximum Gasteiger partial charge on any atom is 0.344 e. The van der Waals surface area contributed by atoms with Crippen molar-refractivity contribution in [3.05, 3.63) is 95.1 Å². The molecule has 1 heterocycles. The zero-order chi connectivity index (χ0) is 20.9. The molecule has 0 radical (unpaired) electrons. The molecular weight excluding hydrogens is 394 g/mol. The summed E-state index contributed by atoms with van der Waals surface area (Å²) in [6, 6.07) is 17.3. The predicted molar refractivity (Wildman–Crippen MR) is 103 cm³/mol. The van der Waals surface area contributed by atoms with Crippen LogP contribution in [0, 0.1) is 11.6 Å². The molecule has 0 aliphatic carbocycles. The Balaban J connectivity index is 1.42. The molecular formula is C23H18F2O5. The lowest BCUT2D eigenvalue weighted by Crippen LogP contribution is -2.20. The van der Waals surface area contributed by atoms with Crippen molar-refractivity contribution < 1.29 is 32.5 Å². The molecule has 0 aromatic heterocycles. The van der Waals surface area contributed by atoms with Crippen molar-refractivity contribution in [2.45, 2.75) is 19.5 Å². The maximum absolute atomic E-state index is 14.0. The Morgan fingerprint density at radius 2 is 1.83 bits per heavy atom. The molecule has 154 valence electrons. The number of esters is 1. The van der Waals surface area contributed by atoms with E-state index in [1.807, 2.05) is 30.3 Å². The first-order valence-electron chi connectivity index (χ1n) is 9.27. The van der Waals surface area contributed by atoms with Crippen molar-refractivity contribution in [1.82, 2.24) is 0 Å². The summed E-state index contributed by atoms with van der Waals surface area (Å²) in [6.07, 6.45) is -0.644. The first-order chi connectivity index (χ1) is 14.6. The summed E-state index contributed by atoms with van der Waals surface area (Å²) in [5.41, 5.74) is 1.73. The van der Waals surface area contributed by atoms with Crippen LogP contribution in [0.25, 0.3) is 0 Å². The molecule has 30 heavy (non-hydrogen) atoms. The average Bonchev–Trinajstić information content (AvgIpc) is 2.76. The molecule has 0 amide bonds. The standard InChI is InChI=1S/C23H18F2O5/c24-18-7-4-8-20(11-18)27-14-21(26)28-12-16-9-19(25)10-17-13-29-23(30-22(16)17)15-5-2-1-3-6-15/h1-11,23H,12-14H2/t23-/m0/s1. The normalized spacial score (nSPS) is 15.1. The molecule has 0 N–H and O–H groups in total. The molecule has 0 saturated heterocycles. The lowest BCUT2D eigenvalue weighted by atomic mass is 10.1. The molecule has 1 aliphatic heterocycles. The third kappa shape index (κ3) is 4.75. The van der Waals surface area contributed by atoms with Crippen molar-refractivity contribution >= 4 is 5.97 Å². The molecule has 3 aromatic rings. The SMILES string of the molecule is O=C(COc1cccc(F)c1)OCc1cc(F)cc2c1O[C@@H](c1ccccc1)OC2. The Morgan fingerprint density at radius 1 is 1.00 bits per heavy atom. The quantitative estimate of drug-likeness (QED) is 0.550. The minimum absolute atomic E-state index is 0.163. The molecule has 0 unspecified atom stereocenters. The van der Waals surface area contributed by atoms with Crippen LogP contribution >= 0.6 is 0 Å². The molecule has 0 spiro atoms. The van der Waals surface area contributed by atoms with Gasteiger partial charge in [0.15, 0.2) is 6.61 Å². The minimum Gasteiger partial charge on any atom is -0.482 e. The Bertz CT molecular complexity index is 1040. The first-order valence-corrected chi connectivity index (χ1v) is 9.27. The van der Waals surface area contributed by atoms with E-state index in [0.717, 1.165) is 11.6 Å². The van der Waals surface area contributed by atoms with Gasteiger partial charge >= 0.3 is 5.97 Å². The van der Waals surface area contributed by atoms with E-state index in [1.54, 1.807) is 0 Å². The largest absolute Gasteiger partial charge is 0.482 e. The highest BCUT2D eigenvalue weighted by Gasteiger charge is 2.25. The van der Waals surface area contributed by atoms with Crippen LogP contribution in [0.2, 0.25) is 0 Å². The summed E-state index contributed by atoms with van der Waals surface area (Å²) in [5, 5.41) is 0. The highest BCUT2D eigenvalue weighted by Crippen LogP contribution is 2.36. The van der Waals surface area contributed by atoms with Crippen LogP contribution in [-0.2, 0) is 27.5 Å². The molecule has 3 aromatic carbocycles. The fraction of sp³-hybridized carbons (Fsp3) is 0.174. The van der Waals surface area contributed by atoms with Crippen LogP contribution in [0.4, 0.5) is 8.78 Å². The molecule has 0 saturated carbocycles. The van der Waals surface area contributed by atoms with E-state index in [0.29, 0.717) is 16.9 Å². The van der Waals surface area contributed by atoms with Crippen LogP contribution in [-0.4, -0.2) is 12.6 Å². The number of carbonyl (C=O) groups is 1. The second kappa shape index (κ2) is 8.92. The molecule has 4 rings (SSSR count). The van der Waals surface area contributed by atoms with Gasteiger partial charge in [-0.15, -0.1) is 0 Å². The number of halogens is 2. The third-order valence-corrected chi connectivity index (χ3v) is 4.44. The maximum atomic E-state index is 14.0. The van der Waals surface area contributed by atoms with E-state index < -0.39 is 30.5 Å². The van der Waals surface area contributed by atoms with Crippen LogP contribution in [0.3, 0.4) is 0 Å². The zero-order valence-corrected chi connectivity index (χ0v) is 15.8. The Kier molecular flexibility index (Phi) is 5.90. The van der Waals surface area contributed by atoms with E-state index in [9.17, 15) is 13.6 Å². The highest BCUT2D eigenvalue weighted by molar-refractivity contribution is 5.71. The Labute approximate surface area is 171 Å². The van der Waals surface area contributed by atoms with Gasteiger partial charge in [0.2, 0.25) is 6.29 Å². The number of ether oxygens (including phenoxy) is 4. The number of fused-ring (bicyclic) bond motifs is 1. The van der Waals surface area contributed by atoms with Crippen LogP contribution < -0.4 is 9.47 Å². The third-order valence-electron chi connectivity index (χ3n) is 4.44. The van der Waals surface area contributed by atoms with Gasteiger partial charge in [-0.25, -0.2) is 13.6 Å². The summed E-state index contributed by atoms with van der Waals surface area (Å²) < 4.78 is 49.2. The average molecular weight is 412 g/mol.